The Bertz CT molecular complexity index is 1150. The van der Waals surface area contributed by atoms with Crippen molar-refractivity contribution in [3.05, 3.63) is 59.2 Å². The molecule has 0 spiro atoms. The average molecular weight is 518 g/mol. The Hall–Kier alpha value is -3.07. The molecule has 2 rings (SSSR count). The molecular formula is C27H39N3O5S. The molecule has 1 N–H and O–H groups in total. The summed E-state index contributed by atoms with van der Waals surface area (Å²) in [7, 11) is -2.19. The van der Waals surface area contributed by atoms with Crippen molar-refractivity contribution in [2.24, 2.45) is 0 Å². The minimum absolute atomic E-state index is 0.0486. The van der Waals surface area contributed by atoms with Gasteiger partial charge in [-0.15, -0.1) is 0 Å². The largest absolute Gasteiger partial charge is 0.497 e. The zero-order chi connectivity index (χ0) is 27.0. The molecule has 2 aromatic carbocycles. The Kier molecular flexibility index (Phi) is 10.3. The summed E-state index contributed by atoms with van der Waals surface area (Å²) in [5.41, 5.74) is 3.15. The van der Waals surface area contributed by atoms with Crippen LogP contribution in [0.4, 0.5) is 5.69 Å². The average Bonchev–Trinajstić information content (AvgIpc) is 2.83. The van der Waals surface area contributed by atoms with Crippen LogP contribution in [0.3, 0.4) is 0 Å². The molecule has 0 fully saturated rings. The topological polar surface area (TPSA) is 96.0 Å². The lowest BCUT2D eigenvalue weighted by molar-refractivity contribution is -0.140. The van der Waals surface area contributed by atoms with Gasteiger partial charge in [0.1, 0.15) is 18.3 Å². The van der Waals surface area contributed by atoms with E-state index in [0.717, 1.165) is 33.7 Å². The summed E-state index contributed by atoms with van der Waals surface area (Å²) in [5, 5.41) is 2.96. The summed E-state index contributed by atoms with van der Waals surface area (Å²) in [5.74, 6) is -0.0393. The lowest BCUT2D eigenvalue weighted by atomic mass is 10.1. The summed E-state index contributed by atoms with van der Waals surface area (Å²) in [6.07, 6.45) is 2.21. The first-order valence-corrected chi connectivity index (χ1v) is 14.0. The first-order chi connectivity index (χ1) is 16.9. The normalized spacial score (nSPS) is 13.0. The smallest absolute Gasteiger partial charge is 0.244 e. The molecule has 0 aliphatic heterocycles. The van der Waals surface area contributed by atoms with Gasteiger partial charge in [0.05, 0.1) is 19.1 Å². The molecule has 2 atom stereocenters. The van der Waals surface area contributed by atoms with Crippen molar-refractivity contribution >= 4 is 27.5 Å². The van der Waals surface area contributed by atoms with Crippen LogP contribution >= 0.6 is 0 Å². The van der Waals surface area contributed by atoms with E-state index in [9.17, 15) is 18.0 Å². The second kappa shape index (κ2) is 12.8. The summed E-state index contributed by atoms with van der Waals surface area (Å²) in [4.78, 5) is 28.4. The summed E-state index contributed by atoms with van der Waals surface area (Å²) >= 11 is 0. The van der Waals surface area contributed by atoms with Gasteiger partial charge >= 0.3 is 0 Å². The highest BCUT2D eigenvalue weighted by Crippen LogP contribution is 2.23. The molecule has 36 heavy (non-hydrogen) atoms. The third kappa shape index (κ3) is 7.71. The highest BCUT2D eigenvalue weighted by Gasteiger charge is 2.32. The number of nitrogens with zero attached hydrogens (tertiary/aromatic N) is 2. The predicted molar refractivity (Wildman–Crippen MR) is 144 cm³/mol. The van der Waals surface area contributed by atoms with Crippen LogP contribution in [-0.2, 0) is 26.2 Å². The number of hydrogen-bond donors (Lipinski definition) is 1. The van der Waals surface area contributed by atoms with Crippen molar-refractivity contribution in [2.75, 3.05) is 24.2 Å². The molecule has 0 heterocycles. The number of amides is 2. The highest BCUT2D eigenvalue weighted by molar-refractivity contribution is 7.92. The maximum absolute atomic E-state index is 13.7. The number of carbonyl (C=O) groups excluding carboxylic acids is 2. The van der Waals surface area contributed by atoms with Gasteiger partial charge < -0.3 is 15.0 Å². The molecular weight excluding hydrogens is 478 g/mol. The molecule has 2 aromatic rings. The first kappa shape index (κ1) is 29.2. The van der Waals surface area contributed by atoms with Crippen molar-refractivity contribution < 1.29 is 22.7 Å². The summed E-state index contributed by atoms with van der Waals surface area (Å²) in [6.45, 7) is 9.29. The Labute approximate surface area is 215 Å². The van der Waals surface area contributed by atoms with Gasteiger partial charge in [-0.3, -0.25) is 13.9 Å². The molecule has 2 amide bonds. The van der Waals surface area contributed by atoms with E-state index in [4.69, 9.17) is 4.74 Å². The molecule has 0 radical (unpaired) electrons. The lowest BCUT2D eigenvalue weighted by Crippen LogP contribution is -2.53. The highest BCUT2D eigenvalue weighted by atomic mass is 32.2. The van der Waals surface area contributed by atoms with Crippen LogP contribution in [0.2, 0.25) is 0 Å². The fourth-order valence-corrected chi connectivity index (χ4v) is 4.62. The second-order valence-corrected chi connectivity index (χ2v) is 11.1. The minimum Gasteiger partial charge on any atom is -0.497 e. The number of aryl methyl sites for hydroxylation is 2. The van der Waals surface area contributed by atoms with Crippen molar-refractivity contribution in [1.29, 1.82) is 0 Å². The van der Waals surface area contributed by atoms with Crippen LogP contribution in [0.25, 0.3) is 0 Å². The van der Waals surface area contributed by atoms with E-state index < -0.39 is 28.5 Å². The molecule has 0 aliphatic carbocycles. The van der Waals surface area contributed by atoms with Crippen LogP contribution < -0.4 is 14.4 Å². The fraction of sp³-hybridized carbons (Fsp3) is 0.481. The number of benzene rings is 2. The molecule has 0 aromatic heterocycles. The number of anilines is 1. The van der Waals surface area contributed by atoms with E-state index in [1.807, 2.05) is 52.8 Å². The monoisotopic (exact) mass is 517 g/mol. The molecule has 2 unspecified atom stereocenters. The molecule has 198 valence electrons. The van der Waals surface area contributed by atoms with Crippen LogP contribution in [0.5, 0.6) is 5.75 Å². The standard InChI is InChI=1S/C27H39N3O5S/c1-8-21(5)28-27(32)25(9-2)29(17-22-11-14-24(35-6)15-12-22)26(31)18-30(36(7,33)34)23-13-10-19(3)20(4)16-23/h10-16,21,25H,8-9,17-18H2,1-7H3,(H,28,32). The van der Waals surface area contributed by atoms with Crippen molar-refractivity contribution in [3.63, 3.8) is 0 Å². The van der Waals surface area contributed by atoms with Crippen molar-refractivity contribution in [3.8, 4) is 5.75 Å². The van der Waals surface area contributed by atoms with E-state index in [1.54, 1.807) is 31.4 Å². The van der Waals surface area contributed by atoms with Gasteiger partial charge in [0.25, 0.3) is 0 Å². The van der Waals surface area contributed by atoms with Gasteiger partial charge in [-0.1, -0.05) is 32.0 Å². The van der Waals surface area contributed by atoms with Gasteiger partial charge in [0.15, 0.2) is 0 Å². The lowest BCUT2D eigenvalue weighted by Gasteiger charge is -2.33. The minimum atomic E-state index is -3.76. The van der Waals surface area contributed by atoms with E-state index in [0.29, 0.717) is 17.9 Å². The zero-order valence-corrected chi connectivity index (χ0v) is 23.2. The number of rotatable bonds is 12. The van der Waals surface area contributed by atoms with Gasteiger partial charge in [-0.05, 0) is 74.6 Å². The molecule has 9 heteroatoms. The molecule has 0 bridgehead atoms. The molecule has 8 nitrogen and oxygen atoms in total. The Morgan fingerprint density at radius 1 is 1.00 bits per heavy atom. The SMILES string of the molecule is CCC(C)NC(=O)C(CC)N(Cc1ccc(OC)cc1)C(=O)CN(c1ccc(C)c(C)c1)S(C)(=O)=O. The van der Waals surface area contributed by atoms with Crippen LogP contribution in [-0.4, -0.2) is 57.1 Å². The Morgan fingerprint density at radius 2 is 1.64 bits per heavy atom. The third-order valence-electron chi connectivity index (χ3n) is 6.36. The maximum atomic E-state index is 13.7. The van der Waals surface area contributed by atoms with E-state index in [-0.39, 0.29) is 18.5 Å². The molecule has 0 saturated carbocycles. The Balaban J connectivity index is 2.45. The van der Waals surface area contributed by atoms with Crippen LogP contribution in [0.15, 0.2) is 42.5 Å². The number of nitrogens with one attached hydrogen (secondary N) is 1. The third-order valence-corrected chi connectivity index (χ3v) is 7.50. The number of hydrogen-bond acceptors (Lipinski definition) is 5. The number of carbonyl (C=O) groups is 2. The number of ether oxygens (including phenoxy) is 1. The van der Waals surface area contributed by atoms with Gasteiger partial charge in [-0.25, -0.2) is 8.42 Å². The van der Waals surface area contributed by atoms with Gasteiger partial charge in [0, 0.05) is 12.6 Å². The van der Waals surface area contributed by atoms with Crippen molar-refractivity contribution in [2.45, 2.75) is 66.1 Å². The van der Waals surface area contributed by atoms with Crippen LogP contribution in [0, 0.1) is 13.8 Å². The number of methoxy groups -OCH3 is 1. The van der Waals surface area contributed by atoms with Crippen molar-refractivity contribution in [1.82, 2.24) is 10.2 Å². The summed E-state index contributed by atoms with van der Waals surface area (Å²) < 4.78 is 31.8. The van der Waals surface area contributed by atoms with E-state index in [1.165, 1.54) is 4.90 Å². The summed E-state index contributed by atoms with van der Waals surface area (Å²) in [6, 6.07) is 11.7. The quantitative estimate of drug-likeness (QED) is 0.462. The van der Waals surface area contributed by atoms with Crippen LogP contribution in [0.1, 0.15) is 50.3 Å². The van der Waals surface area contributed by atoms with E-state index in [2.05, 4.69) is 5.32 Å². The predicted octanol–water partition coefficient (Wildman–Crippen LogP) is 3.80. The number of sulfonamides is 1. The maximum Gasteiger partial charge on any atom is 0.244 e. The molecule has 0 saturated heterocycles. The Morgan fingerprint density at radius 3 is 2.14 bits per heavy atom. The zero-order valence-electron chi connectivity index (χ0n) is 22.4. The first-order valence-electron chi connectivity index (χ1n) is 12.2. The second-order valence-electron chi connectivity index (χ2n) is 9.15. The van der Waals surface area contributed by atoms with Gasteiger partial charge in [-0.2, -0.15) is 0 Å². The fourth-order valence-electron chi connectivity index (χ4n) is 3.78. The molecule has 0 aliphatic rings. The van der Waals surface area contributed by atoms with E-state index >= 15 is 0 Å². The van der Waals surface area contributed by atoms with Gasteiger partial charge in [0.2, 0.25) is 21.8 Å².